The van der Waals surface area contributed by atoms with Crippen molar-refractivity contribution in [3.05, 3.63) is 11.6 Å². The van der Waals surface area contributed by atoms with Crippen LogP contribution < -0.4 is 5.73 Å². The summed E-state index contributed by atoms with van der Waals surface area (Å²) in [6.07, 6.45) is 5.20. The van der Waals surface area contributed by atoms with Crippen molar-refractivity contribution < 1.29 is 0 Å². The molecule has 1 unspecified atom stereocenters. The van der Waals surface area contributed by atoms with Crippen LogP contribution in [0.5, 0.6) is 0 Å². The fourth-order valence-electron chi connectivity index (χ4n) is 1.11. The van der Waals surface area contributed by atoms with Gasteiger partial charge in [0.05, 0.1) is 6.07 Å². The fraction of sp³-hybridized carbons (Fsp3) is 0.700. The summed E-state index contributed by atoms with van der Waals surface area (Å²) in [7, 11) is 0. The van der Waals surface area contributed by atoms with Crippen LogP contribution in [0.1, 0.15) is 33.1 Å². The van der Waals surface area contributed by atoms with Crippen molar-refractivity contribution >= 4 is 0 Å². The zero-order valence-corrected chi connectivity index (χ0v) is 8.01. The maximum absolute atomic E-state index is 8.51. The van der Waals surface area contributed by atoms with E-state index in [0.29, 0.717) is 5.92 Å². The van der Waals surface area contributed by atoms with E-state index in [9.17, 15) is 0 Å². The molecular formula is C10H18N2. The molecule has 0 aromatic carbocycles. The van der Waals surface area contributed by atoms with E-state index in [0.717, 1.165) is 31.4 Å². The second-order valence-corrected chi connectivity index (χ2v) is 3.09. The Kier molecular flexibility index (Phi) is 6.41. The Morgan fingerprint density at radius 3 is 2.75 bits per heavy atom. The number of hydrogen-bond donors (Lipinski definition) is 1. The van der Waals surface area contributed by atoms with Gasteiger partial charge in [-0.1, -0.05) is 19.4 Å². The lowest BCUT2D eigenvalue weighted by atomic mass is 9.97. The fourth-order valence-corrected chi connectivity index (χ4v) is 1.11. The lowest BCUT2D eigenvalue weighted by Crippen LogP contribution is -2.07. The minimum Gasteiger partial charge on any atom is -0.330 e. The summed E-state index contributed by atoms with van der Waals surface area (Å²) in [6, 6.07) is 2.12. The predicted octanol–water partition coefficient (Wildman–Crippen LogP) is 2.22. The second-order valence-electron chi connectivity index (χ2n) is 3.09. The van der Waals surface area contributed by atoms with E-state index >= 15 is 0 Å². The van der Waals surface area contributed by atoms with Gasteiger partial charge in [-0.15, -0.1) is 0 Å². The first kappa shape index (κ1) is 11.2. The summed E-state index contributed by atoms with van der Waals surface area (Å²) in [6.45, 7) is 4.75. The first-order valence-corrected chi connectivity index (χ1v) is 4.51. The molecule has 0 saturated carbocycles. The molecule has 0 bridgehead atoms. The molecule has 0 saturated heterocycles. The quantitative estimate of drug-likeness (QED) is 0.637. The molecule has 0 fully saturated rings. The van der Waals surface area contributed by atoms with Crippen LogP contribution in [0.2, 0.25) is 0 Å². The molecule has 0 aliphatic heterocycles. The Hall–Kier alpha value is -0.810. The van der Waals surface area contributed by atoms with Gasteiger partial charge in [0.2, 0.25) is 0 Å². The molecule has 0 aliphatic rings. The van der Waals surface area contributed by atoms with Gasteiger partial charge in [-0.05, 0) is 32.2 Å². The third kappa shape index (κ3) is 4.92. The average molecular weight is 166 g/mol. The zero-order valence-electron chi connectivity index (χ0n) is 8.01. The van der Waals surface area contributed by atoms with Crippen LogP contribution in [0.3, 0.4) is 0 Å². The standard InChI is InChI=1S/C10H18N2/c1-3-10(6-7-11)5-4-9(2)8-12/h4,10H,3,5-7,11H2,1-2H3/b9-4+. The molecule has 68 valence electrons. The van der Waals surface area contributed by atoms with Gasteiger partial charge in [0, 0.05) is 5.57 Å². The normalized spacial score (nSPS) is 14.0. The Balaban J connectivity index is 3.80. The highest BCUT2D eigenvalue weighted by molar-refractivity contribution is 5.17. The smallest absolute Gasteiger partial charge is 0.0940 e. The number of nitrogens with two attached hydrogens (primary N) is 1. The van der Waals surface area contributed by atoms with Crippen molar-refractivity contribution in [1.82, 2.24) is 0 Å². The highest BCUT2D eigenvalue weighted by Crippen LogP contribution is 2.13. The highest BCUT2D eigenvalue weighted by Gasteiger charge is 2.02. The highest BCUT2D eigenvalue weighted by atomic mass is 14.5. The van der Waals surface area contributed by atoms with Crippen LogP contribution in [0.15, 0.2) is 11.6 Å². The van der Waals surface area contributed by atoms with E-state index in [1.54, 1.807) is 0 Å². The van der Waals surface area contributed by atoms with Gasteiger partial charge in [-0.2, -0.15) is 5.26 Å². The number of allylic oxidation sites excluding steroid dienone is 2. The van der Waals surface area contributed by atoms with Gasteiger partial charge in [-0.25, -0.2) is 0 Å². The van der Waals surface area contributed by atoms with Gasteiger partial charge in [0.1, 0.15) is 0 Å². The van der Waals surface area contributed by atoms with Crippen molar-refractivity contribution in [2.75, 3.05) is 6.54 Å². The minimum atomic E-state index is 0.651. The maximum Gasteiger partial charge on any atom is 0.0940 e. The Morgan fingerprint density at radius 2 is 2.33 bits per heavy atom. The lowest BCUT2D eigenvalue weighted by Gasteiger charge is -2.09. The molecule has 0 heterocycles. The van der Waals surface area contributed by atoms with E-state index < -0.39 is 0 Å². The molecule has 1 atom stereocenters. The first-order chi connectivity index (χ1) is 5.74. The lowest BCUT2D eigenvalue weighted by molar-refractivity contribution is 0.483. The largest absolute Gasteiger partial charge is 0.330 e. The monoisotopic (exact) mass is 166 g/mol. The predicted molar refractivity (Wildman–Crippen MR) is 51.4 cm³/mol. The van der Waals surface area contributed by atoms with Crippen LogP contribution in [0.25, 0.3) is 0 Å². The summed E-state index contributed by atoms with van der Waals surface area (Å²) in [5.74, 6) is 0.651. The SMILES string of the molecule is CCC(C/C=C(\C)C#N)CCN. The number of rotatable bonds is 5. The van der Waals surface area contributed by atoms with Crippen molar-refractivity contribution in [2.24, 2.45) is 11.7 Å². The third-order valence-corrected chi connectivity index (χ3v) is 2.09. The molecule has 0 radical (unpaired) electrons. The molecule has 2 heteroatoms. The molecule has 2 nitrogen and oxygen atoms in total. The van der Waals surface area contributed by atoms with Crippen molar-refractivity contribution in [2.45, 2.75) is 33.1 Å². The molecule has 0 amide bonds. The molecule has 0 aromatic heterocycles. The van der Waals surface area contributed by atoms with Crippen molar-refractivity contribution in [3.8, 4) is 6.07 Å². The van der Waals surface area contributed by atoms with Crippen LogP contribution in [-0.4, -0.2) is 6.54 Å². The summed E-state index contributed by atoms with van der Waals surface area (Å²) < 4.78 is 0. The summed E-state index contributed by atoms with van der Waals surface area (Å²) in [5.41, 5.74) is 6.27. The van der Waals surface area contributed by atoms with Crippen molar-refractivity contribution in [1.29, 1.82) is 5.26 Å². The second kappa shape index (κ2) is 6.87. The van der Waals surface area contributed by atoms with Gasteiger partial charge in [-0.3, -0.25) is 0 Å². The first-order valence-electron chi connectivity index (χ1n) is 4.51. The van der Waals surface area contributed by atoms with Crippen molar-refractivity contribution in [3.63, 3.8) is 0 Å². The van der Waals surface area contributed by atoms with Gasteiger partial charge < -0.3 is 5.73 Å². The van der Waals surface area contributed by atoms with Crippen LogP contribution in [0.4, 0.5) is 0 Å². The van der Waals surface area contributed by atoms with E-state index in [4.69, 9.17) is 11.0 Å². The van der Waals surface area contributed by atoms with Crippen LogP contribution >= 0.6 is 0 Å². The Morgan fingerprint density at radius 1 is 1.67 bits per heavy atom. The Labute approximate surface area is 75.1 Å². The molecular weight excluding hydrogens is 148 g/mol. The average Bonchev–Trinajstić information content (AvgIpc) is 2.11. The third-order valence-electron chi connectivity index (χ3n) is 2.09. The number of nitriles is 1. The molecule has 12 heavy (non-hydrogen) atoms. The van der Waals surface area contributed by atoms with E-state index in [-0.39, 0.29) is 0 Å². The van der Waals surface area contributed by atoms with Crippen LogP contribution in [-0.2, 0) is 0 Å². The molecule has 0 spiro atoms. The topological polar surface area (TPSA) is 49.8 Å². The van der Waals surface area contributed by atoms with E-state index in [2.05, 4.69) is 13.0 Å². The van der Waals surface area contributed by atoms with Crippen LogP contribution in [0, 0.1) is 17.2 Å². The molecule has 2 N–H and O–H groups in total. The van der Waals surface area contributed by atoms with E-state index in [1.165, 1.54) is 0 Å². The molecule has 0 aromatic rings. The number of nitrogens with zero attached hydrogens (tertiary/aromatic N) is 1. The summed E-state index contributed by atoms with van der Waals surface area (Å²) in [4.78, 5) is 0. The zero-order chi connectivity index (χ0) is 9.40. The van der Waals surface area contributed by atoms with Gasteiger partial charge in [0.25, 0.3) is 0 Å². The molecule has 0 aliphatic carbocycles. The van der Waals surface area contributed by atoms with Gasteiger partial charge in [0.15, 0.2) is 0 Å². The Bertz CT molecular complexity index is 177. The number of hydrogen-bond acceptors (Lipinski definition) is 2. The van der Waals surface area contributed by atoms with E-state index in [1.807, 2.05) is 13.0 Å². The summed E-state index contributed by atoms with van der Waals surface area (Å²) in [5, 5.41) is 8.51. The minimum absolute atomic E-state index is 0.651. The molecule has 0 rings (SSSR count). The van der Waals surface area contributed by atoms with Gasteiger partial charge >= 0.3 is 0 Å². The summed E-state index contributed by atoms with van der Waals surface area (Å²) >= 11 is 0. The maximum atomic E-state index is 8.51.